The smallest absolute Gasteiger partial charge is 1.00 e. The Morgan fingerprint density at radius 2 is 0.429 bits per heavy atom. The van der Waals surface area contributed by atoms with Gasteiger partial charge in [-0.1, -0.05) is 0 Å². The summed E-state index contributed by atoms with van der Waals surface area (Å²) in [5.74, 6) is 0. The number of hydrogen-bond acceptors (Lipinski definition) is 0. The molecule has 0 saturated heterocycles. The van der Waals surface area contributed by atoms with Crippen LogP contribution in [0, 0.1) is 0 Å². The monoisotopic (exact) mass is 746 g/mol. The minimum Gasteiger partial charge on any atom is -1.00 e. The quantitative estimate of drug-likeness (QED) is 0.217. The number of rotatable bonds is 0. The van der Waals surface area contributed by atoms with Gasteiger partial charge in [0.05, 0.1) is 0 Å². The fourth-order valence-electron chi connectivity index (χ4n) is 0. The zero-order valence-corrected chi connectivity index (χ0v) is 23.2. The third kappa shape index (κ3) is 40.2. The molecule has 34 valence electrons. The molecule has 7 heavy (non-hydrogen) atoms. The van der Waals surface area contributed by atoms with Crippen molar-refractivity contribution in [3.63, 3.8) is 0 Å². The molecule has 0 saturated carbocycles. The Bertz CT molecular complexity index is 6.90. The van der Waals surface area contributed by atoms with Crippen LogP contribution in [0.4, 0.5) is 0 Å². The van der Waals surface area contributed by atoms with E-state index in [2.05, 4.69) is 0 Å². The van der Waals surface area contributed by atoms with Crippen molar-refractivity contribution < 1.29 is 133 Å². The molecule has 0 radical (unpaired) electrons. The van der Waals surface area contributed by atoms with E-state index in [0.29, 0.717) is 0 Å². The standard InChI is InChI=1S/4ClH.3Hg/h4*1H;;;/q;;;;;2*+2/p-4. The van der Waals surface area contributed by atoms with E-state index < -0.39 is 0 Å². The first-order chi connectivity index (χ1) is 0. The van der Waals surface area contributed by atoms with Gasteiger partial charge in [0.25, 0.3) is 0 Å². The molecule has 0 unspecified atom stereocenters. The molecular formula is Cl4Hg3. The van der Waals surface area contributed by atoms with Crippen molar-refractivity contribution in [3.8, 4) is 0 Å². The molecule has 0 amide bonds. The van der Waals surface area contributed by atoms with Gasteiger partial charge in [-0.2, -0.15) is 0 Å². The van der Waals surface area contributed by atoms with Crippen molar-refractivity contribution in [2.45, 2.75) is 0 Å². The molecule has 0 atom stereocenters. The molecule has 0 heterocycles. The van der Waals surface area contributed by atoms with Crippen LogP contribution in [0.2, 0.25) is 0 Å². The Labute approximate surface area is 130 Å². The van der Waals surface area contributed by atoms with Gasteiger partial charge in [-0.05, 0) is 0 Å². The van der Waals surface area contributed by atoms with Gasteiger partial charge in [0.1, 0.15) is 0 Å². The zero-order chi connectivity index (χ0) is 0. The molecule has 0 rings (SSSR count). The molecule has 0 bridgehead atoms. The van der Waals surface area contributed by atoms with Crippen molar-refractivity contribution in [2.75, 3.05) is 0 Å². The van der Waals surface area contributed by atoms with Crippen LogP contribution in [-0.4, -0.2) is 0 Å². The van der Waals surface area contributed by atoms with E-state index in [9.17, 15) is 0 Å². The average Bonchev–Trinajstić information content (AvgIpc) is 0. The molecule has 0 aromatic carbocycles. The van der Waals surface area contributed by atoms with Crippen LogP contribution in [0.15, 0.2) is 0 Å². The number of halogens is 4. The van der Waals surface area contributed by atoms with E-state index in [1.807, 2.05) is 0 Å². The Balaban J connectivity index is 0. The summed E-state index contributed by atoms with van der Waals surface area (Å²) in [5.41, 5.74) is 0. The molecule has 0 aromatic rings. The first kappa shape index (κ1) is 69.3. The van der Waals surface area contributed by atoms with Crippen molar-refractivity contribution in [1.29, 1.82) is 0 Å². The van der Waals surface area contributed by atoms with E-state index in [-0.39, 0.29) is 133 Å². The molecular weight excluding hydrogens is 744 g/mol. The molecule has 0 aliphatic heterocycles. The van der Waals surface area contributed by atoms with E-state index in [4.69, 9.17) is 0 Å². The summed E-state index contributed by atoms with van der Waals surface area (Å²) in [5, 5.41) is 0. The summed E-state index contributed by atoms with van der Waals surface area (Å²) < 4.78 is 0. The minimum absolute atomic E-state index is 0. The Hall–Kier alpha value is 3.97. The largest absolute Gasteiger partial charge is 2.00 e. The van der Waals surface area contributed by atoms with Crippen LogP contribution in [0.1, 0.15) is 0 Å². The summed E-state index contributed by atoms with van der Waals surface area (Å²) in [4.78, 5) is 0. The predicted molar refractivity (Wildman–Crippen MR) is 0 cm³/mol. The summed E-state index contributed by atoms with van der Waals surface area (Å²) >= 11 is 0. The summed E-state index contributed by atoms with van der Waals surface area (Å²) in [6.07, 6.45) is 0. The van der Waals surface area contributed by atoms with Gasteiger partial charge in [0, 0.05) is 27.7 Å². The van der Waals surface area contributed by atoms with Crippen LogP contribution in [0.3, 0.4) is 0 Å². The predicted octanol–water partition coefficient (Wildman–Crippen LogP) is -12.0. The summed E-state index contributed by atoms with van der Waals surface area (Å²) in [6, 6.07) is 0. The Morgan fingerprint density at radius 3 is 0.429 bits per heavy atom. The first-order valence-electron chi connectivity index (χ1n) is 0. The normalized spacial score (nSPS) is 0. The average molecular weight is 744 g/mol. The maximum absolute atomic E-state index is 0. The van der Waals surface area contributed by atoms with Gasteiger partial charge in [-0.15, -0.1) is 0 Å². The maximum Gasteiger partial charge on any atom is 2.00 e. The fraction of sp³-hybridized carbons (Fsp3) is 0. The van der Waals surface area contributed by atoms with Gasteiger partial charge >= 0.3 is 55.3 Å². The van der Waals surface area contributed by atoms with E-state index in [0.717, 1.165) is 0 Å². The summed E-state index contributed by atoms with van der Waals surface area (Å²) in [7, 11) is 0. The topological polar surface area (TPSA) is 0 Å². The van der Waals surface area contributed by atoms with Crippen molar-refractivity contribution >= 4 is 0 Å². The van der Waals surface area contributed by atoms with Gasteiger partial charge in [0.2, 0.25) is 0 Å². The summed E-state index contributed by atoms with van der Waals surface area (Å²) in [6.45, 7) is 0. The molecule has 0 fully saturated rings. The molecule has 0 aliphatic carbocycles. The molecule has 0 aliphatic rings. The first-order valence-corrected chi connectivity index (χ1v) is 0. The minimum atomic E-state index is 0. The van der Waals surface area contributed by atoms with Crippen LogP contribution in [-0.2, 0) is 83.0 Å². The van der Waals surface area contributed by atoms with Gasteiger partial charge in [-0.25, -0.2) is 0 Å². The van der Waals surface area contributed by atoms with Crippen molar-refractivity contribution in [1.82, 2.24) is 0 Å². The Kier molecular flexibility index (Phi) is 504. The van der Waals surface area contributed by atoms with E-state index in [1.165, 1.54) is 0 Å². The van der Waals surface area contributed by atoms with Crippen LogP contribution in [0.25, 0.3) is 0 Å². The number of hydrogen-bond donors (Lipinski definition) is 0. The van der Waals surface area contributed by atoms with Gasteiger partial charge < -0.3 is 49.6 Å². The maximum atomic E-state index is 0. The van der Waals surface area contributed by atoms with Crippen molar-refractivity contribution in [3.05, 3.63) is 0 Å². The fourth-order valence-corrected chi connectivity index (χ4v) is 0. The van der Waals surface area contributed by atoms with E-state index in [1.54, 1.807) is 0 Å². The second-order valence-electron chi connectivity index (χ2n) is 0. The zero-order valence-electron chi connectivity index (χ0n) is 3.63. The van der Waals surface area contributed by atoms with Gasteiger partial charge in [0.15, 0.2) is 0 Å². The third-order valence-corrected chi connectivity index (χ3v) is 0. The molecule has 0 N–H and O–H groups in total. The SMILES string of the molecule is [Cl-].[Cl-].[Cl-].[Cl-].[Hg+2].[Hg+2].[Hg]. The second-order valence-corrected chi connectivity index (χ2v) is 0. The van der Waals surface area contributed by atoms with Crippen LogP contribution >= 0.6 is 0 Å². The molecule has 0 nitrogen and oxygen atoms in total. The van der Waals surface area contributed by atoms with E-state index >= 15 is 0 Å². The molecule has 0 aromatic heterocycles. The second kappa shape index (κ2) is 50.9. The van der Waals surface area contributed by atoms with Crippen LogP contribution < -0.4 is 49.6 Å². The third-order valence-electron chi connectivity index (χ3n) is 0. The molecule has 7 heteroatoms. The van der Waals surface area contributed by atoms with Crippen molar-refractivity contribution in [2.24, 2.45) is 0 Å². The molecule has 0 spiro atoms. The van der Waals surface area contributed by atoms with Gasteiger partial charge in [-0.3, -0.25) is 0 Å². The van der Waals surface area contributed by atoms with Crippen LogP contribution in [0.5, 0.6) is 0 Å². The Morgan fingerprint density at radius 1 is 0.429 bits per heavy atom.